The molecule has 0 spiro atoms. The average molecular weight is 415 g/mol. The number of rotatable bonds is 11. The van der Waals surface area contributed by atoms with Gasteiger partial charge in [0.15, 0.2) is 0 Å². The Morgan fingerprint density at radius 1 is 0.800 bits per heavy atom. The molecule has 1 unspecified atom stereocenters. The van der Waals surface area contributed by atoms with Crippen LogP contribution in [0.2, 0.25) is 0 Å². The molecule has 1 aromatic carbocycles. The van der Waals surface area contributed by atoms with Gasteiger partial charge < -0.3 is 0 Å². The van der Waals surface area contributed by atoms with E-state index >= 15 is 0 Å². The van der Waals surface area contributed by atoms with Crippen molar-refractivity contribution in [2.75, 3.05) is 0 Å². The first kappa shape index (κ1) is 23.2. The van der Waals surface area contributed by atoms with Gasteiger partial charge in [-0.3, -0.25) is 0 Å². The van der Waals surface area contributed by atoms with Crippen LogP contribution in [0.3, 0.4) is 0 Å². The third-order valence-electron chi connectivity index (χ3n) is 7.54. The number of halogens is 2. The van der Waals surface area contributed by atoms with E-state index in [1.807, 2.05) is 0 Å². The highest BCUT2D eigenvalue weighted by atomic mass is 19.1. The van der Waals surface area contributed by atoms with Crippen LogP contribution in [0.25, 0.3) is 0 Å². The van der Waals surface area contributed by atoms with E-state index in [1.165, 1.54) is 70.6 Å². The van der Waals surface area contributed by atoms with Crippen LogP contribution in [0.4, 0.5) is 8.78 Å². The molecular formula is C28H40F2. The molecule has 0 amide bonds. The molecule has 0 bridgehead atoms. The predicted octanol–water partition coefficient (Wildman–Crippen LogP) is 9.06. The van der Waals surface area contributed by atoms with Crippen LogP contribution in [0.1, 0.15) is 102 Å². The number of hydrogen-bond acceptors (Lipinski definition) is 0. The quantitative estimate of drug-likeness (QED) is 0.317. The highest BCUT2D eigenvalue weighted by Gasteiger charge is 2.40. The Hall–Kier alpha value is -1.44. The molecule has 0 nitrogen and oxygen atoms in total. The van der Waals surface area contributed by atoms with E-state index in [4.69, 9.17) is 0 Å². The minimum absolute atomic E-state index is 0.249. The highest BCUT2D eigenvalue weighted by molar-refractivity contribution is 5.37. The monoisotopic (exact) mass is 414 g/mol. The van der Waals surface area contributed by atoms with Gasteiger partial charge in [-0.1, -0.05) is 102 Å². The first-order valence-corrected chi connectivity index (χ1v) is 12.4. The Labute approximate surface area is 182 Å². The van der Waals surface area contributed by atoms with Gasteiger partial charge in [-0.15, -0.1) is 0 Å². The van der Waals surface area contributed by atoms with Gasteiger partial charge in [0.25, 0.3) is 0 Å². The summed E-state index contributed by atoms with van der Waals surface area (Å²) < 4.78 is 28.0. The van der Waals surface area contributed by atoms with Gasteiger partial charge in [-0.25, -0.2) is 8.78 Å². The van der Waals surface area contributed by atoms with Gasteiger partial charge in [-0.05, 0) is 48.8 Å². The predicted molar refractivity (Wildman–Crippen MR) is 124 cm³/mol. The van der Waals surface area contributed by atoms with Crippen LogP contribution in [0.5, 0.6) is 0 Å². The molecule has 166 valence electrons. The molecule has 1 fully saturated rings. The summed E-state index contributed by atoms with van der Waals surface area (Å²) in [7, 11) is 0. The van der Waals surface area contributed by atoms with Crippen molar-refractivity contribution in [2.24, 2.45) is 11.8 Å². The number of allylic oxidation sites excluding steroid dienone is 4. The molecule has 1 saturated carbocycles. The number of unbranched alkanes of at least 4 members (excludes halogenated alkanes) is 7. The van der Waals surface area contributed by atoms with Crippen molar-refractivity contribution in [2.45, 2.75) is 102 Å². The summed E-state index contributed by atoms with van der Waals surface area (Å²) in [5.41, 5.74) is 0.563. The number of benzene rings is 1. The van der Waals surface area contributed by atoms with Crippen LogP contribution < -0.4 is 0 Å². The molecule has 2 aliphatic rings. The van der Waals surface area contributed by atoms with E-state index in [2.05, 4.69) is 31.2 Å². The Balaban J connectivity index is 1.49. The molecule has 2 heteroatoms. The van der Waals surface area contributed by atoms with Crippen LogP contribution in [0.15, 0.2) is 42.5 Å². The van der Waals surface area contributed by atoms with Gasteiger partial charge >= 0.3 is 0 Å². The zero-order valence-electron chi connectivity index (χ0n) is 18.9. The van der Waals surface area contributed by atoms with Gasteiger partial charge in [0, 0.05) is 11.5 Å². The molecule has 0 aromatic heterocycles. The summed E-state index contributed by atoms with van der Waals surface area (Å²) in [6.45, 7) is 2.27. The summed E-state index contributed by atoms with van der Waals surface area (Å²) >= 11 is 0. The zero-order valence-corrected chi connectivity index (χ0v) is 18.9. The smallest absolute Gasteiger partial charge is 0.126 e. The number of hydrogen-bond donors (Lipinski definition) is 0. The molecule has 0 heterocycles. The zero-order chi connectivity index (χ0) is 21.2. The fourth-order valence-electron chi connectivity index (χ4n) is 5.75. The molecule has 2 aliphatic carbocycles. The van der Waals surface area contributed by atoms with Gasteiger partial charge in [0.05, 0.1) is 0 Å². The van der Waals surface area contributed by atoms with Gasteiger partial charge in [-0.2, -0.15) is 0 Å². The first-order chi connectivity index (χ1) is 14.6. The Bertz CT molecular complexity index is 676. The summed E-state index contributed by atoms with van der Waals surface area (Å²) in [5, 5.41) is 0. The van der Waals surface area contributed by atoms with Crippen molar-refractivity contribution in [1.29, 1.82) is 0 Å². The van der Waals surface area contributed by atoms with Crippen LogP contribution in [-0.2, 0) is 5.41 Å². The van der Waals surface area contributed by atoms with Gasteiger partial charge in [0.1, 0.15) is 11.6 Å². The van der Waals surface area contributed by atoms with Crippen molar-refractivity contribution < 1.29 is 8.78 Å². The standard InChI is InChI=1S/C28H40F2/c1-2-3-4-5-6-7-8-10-13-23-14-16-24(17-15-23)28(18-11-9-12-19-28)25-20-26(29)22-27(30)21-25/h9,11-12,18,20-24H,2-8,10,13-17,19H2,1H3/t23-,24-,28?. The van der Waals surface area contributed by atoms with Crippen LogP contribution in [-0.4, -0.2) is 0 Å². The molecule has 0 N–H and O–H groups in total. The maximum atomic E-state index is 14.0. The van der Waals surface area contributed by atoms with Crippen molar-refractivity contribution >= 4 is 0 Å². The second-order valence-corrected chi connectivity index (χ2v) is 9.67. The highest BCUT2D eigenvalue weighted by Crippen LogP contribution is 2.48. The second kappa shape index (κ2) is 11.8. The SMILES string of the molecule is CCCCCCCCCC[C@H]1CC[C@H](C2(c3cc(F)cc(F)c3)C=CC=CC2)CC1. The van der Waals surface area contributed by atoms with E-state index in [9.17, 15) is 8.78 Å². The average Bonchev–Trinajstić information content (AvgIpc) is 2.76. The molecule has 1 atom stereocenters. The van der Waals surface area contributed by atoms with E-state index in [1.54, 1.807) is 12.1 Å². The first-order valence-electron chi connectivity index (χ1n) is 12.4. The third-order valence-corrected chi connectivity index (χ3v) is 7.54. The summed E-state index contributed by atoms with van der Waals surface area (Å²) in [5.74, 6) is 0.381. The topological polar surface area (TPSA) is 0 Å². The lowest BCUT2D eigenvalue weighted by atomic mass is 9.61. The lowest BCUT2D eigenvalue weighted by Crippen LogP contribution is -2.36. The van der Waals surface area contributed by atoms with E-state index in [0.29, 0.717) is 5.92 Å². The van der Waals surface area contributed by atoms with Crippen LogP contribution in [0, 0.1) is 23.5 Å². The molecular weight excluding hydrogens is 374 g/mol. The molecule has 0 aliphatic heterocycles. The van der Waals surface area contributed by atoms with E-state index < -0.39 is 11.6 Å². The summed E-state index contributed by atoms with van der Waals surface area (Å²) in [6, 6.07) is 4.10. The normalized spacial score (nSPS) is 26.2. The molecule has 3 rings (SSSR count). The summed E-state index contributed by atoms with van der Waals surface area (Å²) in [6.07, 6.45) is 26.6. The fourth-order valence-corrected chi connectivity index (χ4v) is 5.75. The Morgan fingerprint density at radius 3 is 2.03 bits per heavy atom. The minimum Gasteiger partial charge on any atom is -0.207 e. The van der Waals surface area contributed by atoms with Crippen LogP contribution >= 0.6 is 0 Å². The molecule has 0 saturated heterocycles. The Morgan fingerprint density at radius 2 is 1.43 bits per heavy atom. The fraction of sp³-hybridized carbons (Fsp3) is 0.643. The largest absolute Gasteiger partial charge is 0.207 e. The van der Waals surface area contributed by atoms with Gasteiger partial charge in [0.2, 0.25) is 0 Å². The van der Waals surface area contributed by atoms with E-state index in [0.717, 1.165) is 36.8 Å². The molecule has 1 aromatic rings. The minimum atomic E-state index is -0.462. The van der Waals surface area contributed by atoms with E-state index in [-0.39, 0.29) is 5.41 Å². The second-order valence-electron chi connectivity index (χ2n) is 9.67. The van der Waals surface area contributed by atoms with Crippen molar-refractivity contribution in [1.82, 2.24) is 0 Å². The lowest BCUT2D eigenvalue weighted by molar-refractivity contribution is 0.192. The molecule has 0 radical (unpaired) electrons. The lowest BCUT2D eigenvalue weighted by Gasteiger charge is -2.43. The maximum absolute atomic E-state index is 14.0. The van der Waals surface area contributed by atoms with Crippen molar-refractivity contribution in [3.63, 3.8) is 0 Å². The van der Waals surface area contributed by atoms with Crippen molar-refractivity contribution in [3.05, 3.63) is 59.7 Å². The maximum Gasteiger partial charge on any atom is 0.126 e. The third kappa shape index (κ3) is 6.28. The molecule has 30 heavy (non-hydrogen) atoms. The van der Waals surface area contributed by atoms with Crippen molar-refractivity contribution in [3.8, 4) is 0 Å². The Kier molecular flexibility index (Phi) is 9.15. The summed E-state index contributed by atoms with van der Waals surface area (Å²) in [4.78, 5) is 0.